The minimum absolute atomic E-state index is 0.0686. The molecule has 8 heteroatoms. The topological polar surface area (TPSA) is 75.1 Å². The minimum Gasteiger partial charge on any atom is -0.475 e. The van der Waals surface area contributed by atoms with Crippen LogP contribution in [0.2, 0.25) is 0 Å². The molecule has 3 aromatic rings. The number of nitrogens with zero attached hydrogens (tertiary/aromatic N) is 2. The van der Waals surface area contributed by atoms with E-state index in [-0.39, 0.29) is 11.9 Å². The molecule has 0 fully saturated rings. The van der Waals surface area contributed by atoms with Gasteiger partial charge in [-0.05, 0) is 41.2 Å². The van der Waals surface area contributed by atoms with E-state index in [4.69, 9.17) is 5.11 Å². The third-order valence-electron chi connectivity index (χ3n) is 4.75. The molecule has 5 nitrogen and oxygen atoms in total. The number of benzene rings is 2. The second-order valence-corrected chi connectivity index (χ2v) is 7.62. The first kappa shape index (κ1) is 22.3. The molecular formula is C23H22F3N3O2. The lowest BCUT2D eigenvalue weighted by Gasteiger charge is -2.22. The van der Waals surface area contributed by atoms with E-state index in [0.29, 0.717) is 17.2 Å². The molecule has 0 saturated heterocycles. The predicted octanol–water partition coefficient (Wildman–Crippen LogP) is 6.06. The molecule has 1 atom stereocenters. The summed E-state index contributed by atoms with van der Waals surface area (Å²) >= 11 is 0. The van der Waals surface area contributed by atoms with Gasteiger partial charge in [0.1, 0.15) is 0 Å². The van der Waals surface area contributed by atoms with Gasteiger partial charge < -0.3 is 10.4 Å². The molecule has 0 bridgehead atoms. The lowest BCUT2D eigenvalue weighted by molar-refractivity contribution is -0.137. The minimum atomic E-state index is -4.36. The van der Waals surface area contributed by atoms with E-state index in [2.05, 4.69) is 29.1 Å². The van der Waals surface area contributed by atoms with E-state index in [9.17, 15) is 18.0 Å². The monoisotopic (exact) mass is 429 g/mol. The maximum atomic E-state index is 12.8. The number of anilines is 1. The van der Waals surface area contributed by atoms with Gasteiger partial charge >= 0.3 is 12.1 Å². The number of carboxylic acids is 1. The predicted molar refractivity (Wildman–Crippen MR) is 112 cm³/mol. The lowest BCUT2D eigenvalue weighted by Crippen LogP contribution is -2.14. The molecule has 0 aliphatic carbocycles. The molecular weight excluding hydrogens is 407 g/mol. The van der Waals surface area contributed by atoms with Crippen LogP contribution < -0.4 is 5.32 Å². The van der Waals surface area contributed by atoms with Gasteiger partial charge in [0.25, 0.3) is 0 Å². The number of aromatic carboxylic acids is 1. The molecule has 162 valence electrons. The van der Waals surface area contributed by atoms with Crippen LogP contribution in [0.1, 0.15) is 48.1 Å². The van der Waals surface area contributed by atoms with E-state index in [0.717, 1.165) is 29.7 Å². The Morgan fingerprint density at radius 1 is 0.968 bits per heavy atom. The van der Waals surface area contributed by atoms with Crippen molar-refractivity contribution in [2.24, 2.45) is 5.92 Å². The molecule has 0 aliphatic rings. The van der Waals surface area contributed by atoms with E-state index in [1.807, 2.05) is 24.3 Å². The quantitative estimate of drug-likeness (QED) is 0.478. The van der Waals surface area contributed by atoms with Crippen LogP contribution in [0.25, 0.3) is 11.1 Å². The van der Waals surface area contributed by atoms with Crippen molar-refractivity contribution in [3.63, 3.8) is 0 Å². The highest BCUT2D eigenvalue weighted by Gasteiger charge is 2.30. The fraction of sp³-hybridized carbons (Fsp3) is 0.261. The van der Waals surface area contributed by atoms with Crippen LogP contribution >= 0.6 is 0 Å². The number of hydrogen-bond donors (Lipinski definition) is 2. The number of carbonyl (C=O) groups is 1. The molecule has 3 rings (SSSR count). The van der Waals surface area contributed by atoms with Crippen molar-refractivity contribution in [2.45, 2.75) is 32.5 Å². The van der Waals surface area contributed by atoms with Crippen LogP contribution in [-0.4, -0.2) is 21.0 Å². The number of alkyl halides is 3. The highest BCUT2D eigenvalue weighted by atomic mass is 19.4. The van der Waals surface area contributed by atoms with Gasteiger partial charge in [-0.25, -0.2) is 14.8 Å². The Balaban J connectivity index is 1.79. The number of aromatic nitrogens is 2. The van der Waals surface area contributed by atoms with Gasteiger partial charge in [0.15, 0.2) is 0 Å². The van der Waals surface area contributed by atoms with Crippen molar-refractivity contribution in [1.29, 1.82) is 0 Å². The van der Waals surface area contributed by atoms with E-state index >= 15 is 0 Å². The summed E-state index contributed by atoms with van der Waals surface area (Å²) in [5, 5.41) is 12.3. The van der Waals surface area contributed by atoms with E-state index in [1.54, 1.807) is 0 Å². The zero-order chi connectivity index (χ0) is 22.6. The van der Waals surface area contributed by atoms with Crippen molar-refractivity contribution >= 4 is 11.7 Å². The Labute approximate surface area is 178 Å². The van der Waals surface area contributed by atoms with Crippen molar-refractivity contribution in [1.82, 2.24) is 9.97 Å². The summed E-state index contributed by atoms with van der Waals surface area (Å²) in [4.78, 5) is 18.6. The van der Waals surface area contributed by atoms with Crippen LogP contribution in [0, 0.1) is 5.92 Å². The smallest absolute Gasteiger partial charge is 0.416 e. The molecule has 0 saturated carbocycles. The molecule has 0 amide bonds. The summed E-state index contributed by atoms with van der Waals surface area (Å²) in [5.74, 6) is -1.08. The average molecular weight is 429 g/mol. The van der Waals surface area contributed by atoms with Gasteiger partial charge in [0.05, 0.1) is 29.7 Å². The zero-order valence-corrected chi connectivity index (χ0v) is 17.0. The van der Waals surface area contributed by atoms with Crippen LogP contribution in [0.3, 0.4) is 0 Å². The highest BCUT2D eigenvalue weighted by molar-refractivity contribution is 5.83. The maximum Gasteiger partial charge on any atom is 0.416 e. The van der Waals surface area contributed by atoms with Gasteiger partial charge in [-0.1, -0.05) is 50.2 Å². The maximum absolute atomic E-state index is 12.8. The Morgan fingerprint density at radius 2 is 1.48 bits per heavy atom. The Morgan fingerprint density at radius 3 is 1.94 bits per heavy atom. The molecule has 2 aromatic carbocycles. The number of hydrogen-bond acceptors (Lipinski definition) is 4. The SMILES string of the molecule is CC(C)CC(Nc1cnc(C(=O)O)nc1)c1ccc(-c2ccc(C(F)(F)F)cc2)cc1. The van der Waals surface area contributed by atoms with Crippen molar-refractivity contribution in [2.75, 3.05) is 5.32 Å². The van der Waals surface area contributed by atoms with Gasteiger partial charge in [-0.2, -0.15) is 13.2 Å². The Bertz CT molecular complexity index is 1020. The summed E-state index contributed by atoms with van der Waals surface area (Å²) in [6, 6.07) is 12.6. The molecule has 0 spiro atoms. The molecule has 31 heavy (non-hydrogen) atoms. The summed E-state index contributed by atoms with van der Waals surface area (Å²) in [7, 11) is 0. The van der Waals surface area contributed by atoms with Crippen molar-refractivity contribution in [3.05, 3.63) is 77.9 Å². The number of halogens is 3. The average Bonchev–Trinajstić information content (AvgIpc) is 2.73. The summed E-state index contributed by atoms with van der Waals surface area (Å²) in [6.45, 7) is 4.19. The first-order chi connectivity index (χ1) is 14.6. The molecule has 1 aromatic heterocycles. The first-order valence-electron chi connectivity index (χ1n) is 9.73. The number of nitrogens with one attached hydrogen (secondary N) is 1. The van der Waals surface area contributed by atoms with Crippen LogP contribution in [-0.2, 0) is 6.18 Å². The Hall–Kier alpha value is -3.42. The van der Waals surface area contributed by atoms with Crippen LogP contribution in [0.5, 0.6) is 0 Å². The molecule has 2 N–H and O–H groups in total. The normalized spacial score (nSPS) is 12.6. The largest absolute Gasteiger partial charge is 0.475 e. The molecule has 1 heterocycles. The van der Waals surface area contributed by atoms with E-state index < -0.39 is 17.7 Å². The van der Waals surface area contributed by atoms with Crippen molar-refractivity contribution < 1.29 is 23.1 Å². The Kier molecular flexibility index (Phi) is 6.58. The molecule has 1 unspecified atom stereocenters. The number of carboxylic acid groups (broad SMARTS) is 1. The molecule has 0 radical (unpaired) electrons. The van der Waals surface area contributed by atoms with E-state index in [1.165, 1.54) is 24.5 Å². The van der Waals surface area contributed by atoms with Gasteiger partial charge in [-0.15, -0.1) is 0 Å². The summed E-state index contributed by atoms with van der Waals surface area (Å²) in [6.07, 6.45) is -0.689. The third kappa shape index (κ3) is 5.81. The summed E-state index contributed by atoms with van der Waals surface area (Å²) < 4.78 is 38.3. The summed E-state index contributed by atoms with van der Waals surface area (Å²) in [5.41, 5.74) is 2.43. The zero-order valence-electron chi connectivity index (χ0n) is 17.0. The fourth-order valence-electron chi connectivity index (χ4n) is 3.22. The third-order valence-corrected chi connectivity index (χ3v) is 4.75. The molecule has 0 aliphatic heterocycles. The van der Waals surface area contributed by atoms with Gasteiger partial charge in [-0.3, -0.25) is 0 Å². The second-order valence-electron chi connectivity index (χ2n) is 7.62. The van der Waals surface area contributed by atoms with Gasteiger partial charge in [0, 0.05) is 0 Å². The van der Waals surface area contributed by atoms with Crippen molar-refractivity contribution in [3.8, 4) is 11.1 Å². The van der Waals surface area contributed by atoms with Crippen LogP contribution in [0.4, 0.5) is 18.9 Å². The highest BCUT2D eigenvalue weighted by Crippen LogP contribution is 2.32. The van der Waals surface area contributed by atoms with Gasteiger partial charge in [0.2, 0.25) is 5.82 Å². The standard InChI is InChI=1S/C23H22F3N3O2/c1-14(2)11-20(29-19-12-27-21(22(30)31)28-13-19)17-5-3-15(4-6-17)16-7-9-18(10-8-16)23(24,25)26/h3-10,12-14,20,29H,11H2,1-2H3,(H,30,31). The fourth-order valence-corrected chi connectivity index (χ4v) is 3.22. The van der Waals surface area contributed by atoms with Crippen LogP contribution in [0.15, 0.2) is 60.9 Å². The number of rotatable bonds is 7. The lowest BCUT2D eigenvalue weighted by atomic mass is 9.94. The second kappa shape index (κ2) is 9.16. The first-order valence-corrected chi connectivity index (χ1v) is 9.73.